The minimum Gasteiger partial charge on any atom is -0.309 e. The summed E-state index contributed by atoms with van der Waals surface area (Å²) in [5, 5.41) is 48.2. The smallest absolute Gasteiger partial charge is 0.181 e. The zero-order valence-electron chi connectivity index (χ0n) is 31.3. The van der Waals surface area contributed by atoms with Gasteiger partial charge in [-0.1, -0.05) is 72.8 Å². The molecule has 7 heteroatoms. The standard InChI is InChI=1S/C52H28N6Si/c53-29-33-15-19-47-43(23-33)44-24-34(30-54)16-20-48(44)57(47)37-7-5-9-39(27-37)59(51-13-3-1-11-41(51)42-12-2-4-14-52(42)59)40-10-6-8-38(28-40)58-49-21-17-35(31-55)25-45(49)46-26-36(32-56)18-22-50(46)58/h1-28H. The molecule has 10 aromatic rings. The average molecular weight is 765 g/mol. The highest BCUT2D eigenvalue weighted by Crippen LogP contribution is 2.36. The number of nitrogens with zero attached hydrogens (tertiary/aromatic N) is 6. The molecule has 1 aliphatic rings. The molecule has 8 aromatic carbocycles. The van der Waals surface area contributed by atoms with Crippen LogP contribution in [0.2, 0.25) is 0 Å². The summed E-state index contributed by atoms with van der Waals surface area (Å²) in [6.07, 6.45) is 0. The second-order valence-electron chi connectivity index (χ2n) is 15.0. The third-order valence-corrected chi connectivity index (χ3v) is 16.9. The summed E-state index contributed by atoms with van der Waals surface area (Å²) < 4.78 is 4.51. The molecule has 11 rings (SSSR count). The first-order valence-corrected chi connectivity index (χ1v) is 21.2. The first-order valence-electron chi connectivity index (χ1n) is 19.2. The Morgan fingerprint density at radius 3 is 1.02 bits per heavy atom. The van der Waals surface area contributed by atoms with Gasteiger partial charge in [0.15, 0.2) is 8.07 Å². The van der Waals surface area contributed by atoms with Crippen molar-refractivity contribution in [3.05, 3.63) is 192 Å². The van der Waals surface area contributed by atoms with Crippen molar-refractivity contribution in [2.24, 2.45) is 0 Å². The van der Waals surface area contributed by atoms with Crippen LogP contribution in [0, 0.1) is 45.3 Å². The molecule has 2 aromatic heterocycles. The Morgan fingerprint density at radius 1 is 0.339 bits per heavy atom. The monoisotopic (exact) mass is 764 g/mol. The van der Waals surface area contributed by atoms with Gasteiger partial charge < -0.3 is 9.13 Å². The average Bonchev–Trinajstić information content (AvgIpc) is 3.92. The zero-order chi connectivity index (χ0) is 39.8. The van der Waals surface area contributed by atoms with E-state index >= 15 is 0 Å². The fourth-order valence-electron chi connectivity index (χ4n) is 9.66. The Bertz CT molecular complexity index is 3250. The van der Waals surface area contributed by atoms with E-state index in [0.29, 0.717) is 22.3 Å². The van der Waals surface area contributed by atoms with Gasteiger partial charge in [0, 0.05) is 32.9 Å². The van der Waals surface area contributed by atoms with Crippen LogP contribution in [-0.4, -0.2) is 17.2 Å². The lowest BCUT2D eigenvalue weighted by Gasteiger charge is -2.32. The number of rotatable bonds is 4. The second-order valence-corrected chi connectivity index (χ2v) is 18.7. The molecule has 0 amide bonds. The third kappa shape index (κ3) is 4.75. The van der Waals surface area contributed by atoms with E-state index in [4.69, 9.17) is 0 Å². The number of hydrogen-bond donors (Lipinski definition) is 0. The van der Waals surface area contributed by atoms with Crippen LogP contribution in [0.1, 0.15) is 22.3 Å². The Hall–Kier alpha value is -8.46. The predicted molar refractivity (Wildman–Crippen MR) is 237 cm³/mol. The van der Waals surface area contributed by atoms with Gasteiger partial charge in [0.1, 0.15) is 0 Å². The SMILES string of the molecule is N#Cc1ccc2c(c1)c1cc(C#N)ccc1n2-c1cccc([Si]2(c3cccc(-n4c5ccc(C#N)cc5c5cc(C#N)ccc54)c3)c3ccccc3-c3ccccc32)c1. The molecule has 59 heavy (non-hydrogen) atoms. The van der Waals surface area contributed by atoms with Gasteiger partial charge in [0.25, 0.3) is 0 Å². The van der Waals surface area contributed by atoms with E-state index in [1.165, 1.54) is 31.9 Å². The lowest BCUT2D eigenvalue weighted by Crippen LogP contribution is -2.72. The van der Waals surface area contributed by atoms with E-state index in [0.717, 1.165) is 55.0 Å². The molecule has 6 nitrogen and oxygen atoms in total. The minimum atomic E-state index is -3.04. The van der Waals surface area contributed by atoms with Crippen LogP contribution < -0.4 is 20.7 Å². The normalized spacial score (nSPS) is 12.5. The van der Waals surface area contributed by atoms with Crippen molar-refractivity contribution in [3.8, 4) is 46.8 Å². The maximum Gasteiger partial charge on any atom is 0.181 e. The first-order chi connectivity index (χ1) is 29.0. The summed E-state index contributed by atoms with van der Waals surface area (Å²) in [5.41, 5.74) is 10.6. The quantitative estimate of drug-likeness (QED) is 0.167. The highest BCUT2D eigenvalue weighted by Gasteiger charge is 2.48. The summed E-state index contributed by atoms with van der Waals surface area (Å²) in [7, 11) is -3.04. The number of aromatic nitrogens is 2. The van der Waals surface area contributed by atoms with Crippen molar-refractivity contribution < 1.29 is 0 Å². The van der Waals surface area contributed by atoms with Gasteiger partial charge in [-0.15, -0.1) is 0 Å². The predicted octanol–water partition coefficient (Wildman–Crippen LogP) is 8.73. The molecule has 0 spiro atoms. The van der Waals surface area contributed by atoms with Gasteiger partial charge >= 0.3 is 0 Å². The van der Waals surface area contributed by atoms with Gasteiger partial charge in [0.05, 0.1) is 68.6 Å². The Labute approximate surface area is 340 Å². The molecular weight excluding hydrogens is 737 g/mol. The Morgan fingerprint density at radius 2 is 0.678 bits per heavy atom. The fourth-order valence-corrected chi connectivity index (χ4v) is 14.9. The number of nitriles is 4. The molecule has 3 heterocycles. The van der Waals surface area contributed by atoms with E-state index in [1.807, 2.05) is 72.8 Å². The fraction of sp³-hybridized carbons (Fsp3) is 0. The van der Waals surface area contributed by atoms with Gasteiger partial charge in [-0.25, -0.2) is 0 Å². The van der Waals surface area contributed by atoms with Gasteiger partial charge in [-0.05, 0) is 129 Å². The van der Waals surface area contributed by atoms with Crippen LogP contribution in [0.4, 0.5) is 0 Å². The highest BCUT2D eigenvalue weighted by atomic mass is 28.3. The van der Waals surface area contributed by atoms with E-state index in [9.17, 15) is 21.0 Å². The summed E-state index contributed by atoms with van der Waals surface area (Å²) in [6, 6.07) is 67.8. The third-order valence-electron chi connectivity index (χ3n) is 12.1. The maximum absolute atomic E-state index is 9.85. The van der Waals surface area contributed by atoms with Crippen LogP contribution in [0.25, 0.3) is 66.1 Å². The summed E-state index contributed by atoms with van der Waals surface area (Å²) in [6.45, 7) is 0. The van der Waals surface area contributed by atoms with E-state index in [1.54, 1.807) is 0 Å². The molecule has 0 bridgehead atoms. The number of hydrogen-bond acceptors (Lipinski definition) is 4. The molecule has 0 radical (unpaired) electrons. The van der Waals surface area contributed by atoms with Gasteiger partial charge in [0.2, 0.25) is 0 Å². The Kier molecular flexibility index (Phi) is 7.33. The summed E-state index contributed by atoms with van der Waals surface area (Å²) in [4.78, 5) is 0. The maximum atomic E-state index is 9.85. The van der Waals surface area contributed by atoms with Crippen molar-refractivity contribution in [2.75, 3.05) is 0 Å². The molecule has 1 aliphatic heterocycles. The van der Waals surface area contributed by atoms with Crippen molar-refractivity contribution >= 4 is 72.4 Å². The topological polar surface area (TPSA) is 105 Å². The number of benzene rings is 8. The van der Waals surface area contributed by atoms with Crippen molar-refractivity contribution in [2.45, 2.75) is 0 Å². The van der Waals surface area contributed by atoms with Crippen molar-refractivity contribution in [1.29, 1.82) is 21.0 Å². The zero-order valence-corrected chi connectivity index (χ0v) is 32.3. The molecule has 0 saturated carbocycles. The lowest BCUT2D eigenvalue weighted by molar-refractivity contribution is 1.18. The van der Waals surface area contributed by atoms with Crippen LogP contribution in [0.5, 0.6) is 0 Å². The van der Waals surface area contributed by atoms with Gasteiger partial charge in [-0.2, -0.15) is 21.0 Å². The van der Waals surface area contributed by atoms with Crippen molar-refractivity contribution in [1.82, 2.24) is 9.13 Å². The molecule has 0 aliphatic carbocycles. The van der Waals surface area contributed by atoms with E-state index in [-0.39, 0.29) is 0 Å². The van der Waals surface area contributed by atoms with Crippen LogP contribution in [-0.2, 0) is 0 Å². The van der Waals surface area contributed by atoms with E-state index < -0.39 is 8.07 Å². The molecule has 270 valence electrons. The summed E-state index contributed by atoms with van der Waals surface area (Å²) in [5.74, 6) is 0. The van der Waals surface area contributed by atoms with Crippen LogP contribution >= 0.6 is 0 Å². The molecular formula is C52H28N6Si. The minimum absolute atomic E-state index is 0.567. The molecule has 0 saturated heterocycles. The molecule has 0 N–H and O–H groups in total. The second kappa shape index (κ2) is 12.8. The van der Waals surface area contributed by atoms with Crippen molar-refractivity contribution in [3.63, 3.8) is 0 Å². The Balaban J connectivity index is 1.21. The van der Waals surface area contributed by atoms with Crippen LogP contribution in [0.3, 0.4) is 0 Å². The highest BCUT2D eigenvalue weighted by molar-refractivity contribution is 7.22. The molecule has 0 unspecified atom stereocenters. The van der Waals surface area contributed by atoms with Crippen LogP contribution in [0.15, 0.2) is 170 Å². The van der Waals surface area contributed by atoms with E-state index in [2.05, 4.69) is 130 Å². The summed E-state index contributed by atoms with van der Waals surface area (Å²) >= 11 is 0. The largest absolute Gasteiger partial charge is 0.309 e. The first kappa shape index (κ1) is 33.8. The number of fused-ring (bicyclic) bond motifs is 9. The van der Waals surface area contributed by atoms with Gasteiger partial charge in [-0.3, -0.25) is 0 Å². The molecule has 0 atom stereocenters. The lowest BCUT2D eigenvalue weighted by atomic mass is 10.1. The molecule has 0 fully saturated rings.